The van der Waals surface area contributed by atoms with Gasteiger partial charge in [-0.05, 0) is 24.3 Å². The van der Waals surface area contributed by atoms with Gasteiger partial charge in [0.05, 0.1) is 0 Å². The van der Waals surface area contributed by atoms with Crippen LogP contribution < -0.4 is 0 Å². The minimum absolute atomic E-state index is 0. The lowest BCUT2D eigenvalue weighted by molar-refractivity contribution is 1.62. The summed E-state index contributed by atoms with van der Waals surface area (Å²) in [5.74, 6) is 6.22. The molecule has 0 saturated heterocycles. The van der Waals surface area contributed by atoms with Crippen LogP contribution in [0.4, 0.5) is 0 Å². The third-order valence-electron chi connectivity index (χ3n) is 1.90. The molecule has 2 rings (SSSR count). The van der Waals surface area contributed by atoms with Crippen molar-refractivity contribution in [1.29, 1.82) is 0 Å². The summed E-state index contributed by atoms with van der Waals surface area (Å²) in [7, 11) is 0. The van der Waals surface area contributed by atoms with Crippen molar-refractivity contribution in [3.63, 3.8) is 0 Å². The second kappa shape index (κ2) is 4.30. The van der Waals surface area contributed by atoms with E-state index in [0.717, 1.165) is 11.1 Å². The van der Waals surface area contributed by atoms with Gasteiger partial charge in [-0.3, -0.25) is 0 Å². The molecule has 0 heteroatoms. The summed E-state index contributed by atoms with van der Waals surface area (Å²) >= 11 is 0. The van der Waals surface area contributed by atoms with Crippen LogP contribution in [0.25, 0.3) is 0 Å². The first-order valence-corrected chi connectivity index (χ1v) is 4.57. The van der Waals surface area contributed by atoms with Crippen LogP contribution in [0.15, 0.2) is 60.7 Å². The fourth-order valence-electron chi connectivity index (χ4n) is 1.19. The van der Waals surface area contributed by atoms with Gasteiger partial charge in [-0.1, -0.05) is 48.2 Å². The molecule has 0 unspecified atom stereocenters. The molecule has 0 aliphatic carbocycles. The summed E-state index contributed by atoms with van der Waals surface area (Å²) in [5, 5.41) is 0. The molecule has 0 radical (unpaired) electrons. The zero-order valence-electron chi connectivity index (χ0n) is 7.77. The molecule has 68 valence electrons. The van der Waals surface area contributed by atoms with Crippen molar-refractivity contribution < 1.29 is 1.43 Å². The van der Waals surface area contributed by atoms with Crippen molar-refractivity contribution in [2.45, 2.75) is 0 Å². The Balaban J connectivity index is 0.00000112. The summed E-state index contributed by atoms with van der Waals surface area (Å²) in [5.41, 5.74) is 2.10. The standard InChI is InChI=1S/C14H10.H2/c1-3-7-13(8-4-1)11-12-14-9-5-2-6-10-14;/h1-10H;1H. The molecule has 0 amide bonds. The van der Waals surface area contributed by atoms with Crippen LogP contribution in [0.5, 0.6) is 0 Å². The first-order chi connectivity index (χ1) is 6.95. The molecule has 0 aromatic heterocycles. The van der Waals surface area contributed by atoms with E-state index in [2.05, 4.69) is 11.8 Å². The lowest BCUT2D eigenvalue weighted by Gasteiger charge is -1.88. The number of benzene rings is 2. The zero-order chi connectivity index (χ0) is 9.64. The predicted octanol–water partition coefficient (Wildman–Crippen LogP) is 3.33. The highest BCUT2D eigenvalue weighted by Crippen LogP contribution is 1.98. The van der Waals surface area contributed by atoms with Crippen LogP contribution in [0, 0.1) is 11.8 Å². The second-order valence-electron chi connectivity index (χ2n) is 2.98. The molecule has 2 aromatic rings. The summed E-state index contributed by atoms with van der Waals surface area (Å²) < 4.78 is 0. The highest BCUT2D eigenvalue weighted by Gasteiger charge is 1.83. The Morgan fingerprint density at radius 2 is 0.929 bits per heavy atom. The van der Waals surface area contributed by atoms with Crippen LogP contribution in [-0.4, -0.2) is 0 Å². The third kappa shape index (κ3) is 2.24. The van der Waals surface area contributed by atoms with Gasteiger partial charge in [0.2, 0.25) is 0 Å². The Labute approximate surface area is 85.7 Å². The van der Waals surface area contributed by atoms with Crippen molar-refractivity contribution in [3.05, 3.63) is 71.8 Å². The van der Waals surface area contributed by atoms with Gasteiger partial charge in [-0.15, -0.1) is 0 Å². The monoisotopic (exact) mass is 180 g/mol. The smallest absolute Gasteiger partial charge is 0.0249 e. The van der Waals surface area contributed by atoms with Gasteiger partial charge < -0.3 is 0 Å². The molecule has 0 nitrogen and oxygen atoms in total. The maximum atomic E-state index is 3.11. The molecular formula is C14H12. The van der Waals surface area contributed by atoms with E-state index < -0.39 is 0 Å². The minimum Gasteiger partial charge on any atom is -0.0622 e. The molecule has 0 spiro atoms. The summed E-state index contributed by atoms with van der Waals surface area (Å²) in [6.45, 7) is 0. The summed E-state index contributed by atoms with van der Waals surface area (Å²) in [6, 6.07) is 20.0. The Hall–Kier alpha value is -2.00. The lowest BCUT2D eigenvalue weighted by atomic mass is 10.2. The largest absolute Gasteiger partial charge is 0.0622 e. The van der Waals surface area contributed by atoms with Gasteiger partial charge in [-0.25, -0.2) is 0 Å². The van der Waals surface area contributed by atoms with E-state index in [0.29, 0.717) is 0 Å². The van der Waals surface area contributed by atoms with Crippen LogP contribution >= 0.6 is 0 Å². The maximum Gasteiger partial charge on any atom is 0.0249 e. The summed E-state index contributed by atoms with van der Waals surface area (Å²) in [4.78, 5) is 0. The SMILES string of the molecule is C(#Cc1ccccc1)c1ccccc1.[HH]. The number of rotatable bonds is 0. The topological polar surface area (TPSA) is 0 Å². The number of hydrogen-bond donors (Lipinski definition) is 0. The zero-order valence-corrected chi connectivity index (χ0v) is 7.77. The van der Waals surface area contributed by atoms with Gasteiger partial charge in [0.15, 0.2) is 0 Å². The Morgan fingerprint density at radius 1 is 0.571 bits per heavy atom. The van der Waals surface area contributed by atoms with E-state index in [1.165, 1.54) is 0 Å². The molecule has 0 atom stereocenters. The molecule has 0 heterocycles. The minimum atomic E-state index is 0. The van der Waals surface area contributed by atoms with E-state index in [1.807, 2.05) is 60.7 Å². The average molecular weight is 180 g/mol. The second-order valence-corrected chi connectivity index (χ2v) is 2.98. The van der Waals surface area contributed by atoms with Gasteiger partial charge in [0.1, 0.15) is 0 Å². The molecular weight excluding hydrogens is 168 g/mol. The van der Waals surface area contributed by atoms with Crippen LogP contribution in [0.1, 0.15) is 12.6 Å². The average Bonchev–Trinajstić information content (AvgIpc) is 2.29. The van der Waals surface area contributed by atoms with Crippen molar-refractivity contribution >= 4 is 0 Å². The highest BCUT2D eigenvalue weighted by molar-refractivity contribution is 5.42. The highest BCUT2D eigenvalue weighted by atomic mass is 13.9. The fourth-order valence-corrected chi connectivity index (χ4v) is 1.19. The van der Waals surface area contributed by atoms with Gasteiger partial charge in [0, 0.05) is 12.6 Å². The molecule has 0 N–H and O–H groups in total. The molecule has 0 bridgehead atoms. The van der Waals surface area contributed by atoms with E-state index in [1.54, 1.807) is 0 Å². The van der Waals surface area contributed by atoms with E-state index in [-0.39, 0.29) is 1.43 Å². The van der Waals surface area contributed by atoms with Crippen LogP contribution in [0.2, 0.25) is 0 Å². The van der Waals surface area contributed by atoms with Crippen molar-refractivity contribution in [3.8, 4) is 11.8 Å². The molecule has 0 aliphatic heterocycles. The molecule has 0 saturated carbocycles. The van der Waals surface area contributed by atoms with Crippen molar-refractivity contribution in [2.24, 2.45) is 0 Å². The molecule has 2 aromatic carbocycles. The summed E-state index contributed by atoms with van der Waals surface area (Å²) in [6.07, 6.45) is 0. The Kier molecular flexibility index (Phi) is 2.64. The predicted molar refractivity (Wildman–Crippen MR) is 61.0 cm³/mol. The lowest BCUT2D eigenvalue weighted by Crippen LogP contribution is -1.73. The van der Waals surface area contributed by atoms with Gasteiger partial charge in [0.25, 0.3) is 0 Å². The van der Waals surface area contributed by atoms with E-state index >= 15 is 0 Å². The van der Waals surface area contributed by atoms with Crippen LogP contribution in [-0.2, 0) is 0 Å². The first-order valence-electron chi connectivity index (χ1n) is 4.57. The van der Waals surface area contributed by atoms with E-state index in [4.69, 9.17) is 0 Å². The maximum absolute atomic E-state index is 3.11. The van der Waals surface area contributed by atoms with Gasteiger partial charge >= 0.3 is 0 Å². The quantitative estimate of drug-likeness (QED) is 0.545. The normalized spacial score (nSPS) is 8.86. The Morgan fingerprint density at radius 3 is 1.29 bits per heavy atom. The van der Waals surface area contributed by atoms with Crippen molar-refractivity contribution in [1.82, 2.24) is 0 Å². The first kappa shape index (κ1) is 8.59. The molecule has 0 fully saturated rings. The number of hydrogen-bond acceptors (Lipinski definition) is 0. The van der Waals surface area contributed by atoms with Crippen molar-refractivity contribution in [2.75, 3.05) is 0 Å². The van der Waals surface area contributed by atoms with Crippen LogP contribution in [0.3, 0.4) is 0 Å². The van der Waals surface area contributed by atoms with E-state index in [9.17, 15) is 0 Å². The fraction of sp³-hybridized carbons (Fsp3) is 0. The molecule has 14 heavy (non-hydrogen) atoms. The van der Waals surface area contributed by atoms with Gasteiger partial charge in [-0.2, -0.15) is 0 Å². The Bertz CT molecular complexity index is 405. The molecule has 0 aliphatic rings. The third-order valence-corrected chi connectivity index (χ3v) is 1.90.